The van der Waals surface area contributed by atoms with Crippen LogP contribution in [0, 0.1) is 5.82 Å². The van der Waals surface area contributed by atoms with Crippen molar-refractivity contribution in [2.24, 2.45) is 0 Å². The molecule has 2 aromatic rings. The van der Waals surface area contributed by atoms with E-state index in [2.05, 4.69) is 6.92 Å². The zero-order valence-electron chi connectivity index (χ0n) is 12.5. The second-order valence-corrected chi connectivity index (χ2v) is 7.59. The largest absolute Gasteiger partial charge is 0.326 e. The van der Waals surface area contributed by atoms with Crippen LogP contribution in [0.2, 0.25) is 0 Å². The predicted molar refractivity (Wildman–Crippen MR) is 85.1 cm³/mol. The van der Waals surface area contributed by atoms with Gasteiger partial charge in [0.1, 0.15) is 5.82 Å². The summed E-state index contributed by atoms with van der Waals surface area (Å²) in [6, 6.07) is 14.1. The summed E-state index contributed by atoms with van der Waals surface area (Å²) in [4.78, 5) is 0. The van der Waals surface area contributed by atoms with Crippen molar-refractivity contribution < 1.29 is 13.5 Å². The van der Waals surface area contributed by atoms with Crippen LogP contribution in [0.3, 0.4) is 0 Å². The van der Waals surface area contributed by atoms with Gasteiger partial charge in [-0.05, 0) is 42.3 Å². The van der Waals surface area contributed by atoms with E-state index >= 15 is 0 Å². The fourth-order valence-electron chi connectivity index (χ4n) is 2.30. The quantitative estimate of drug-likeness (QED) is 0.758. The van der Waals surface area contributed by atoms with Crippen LogP contribution in [-0.4, -0.2) is 13.3 Å². The second-order valence-electron chi connectivity index (χ2n) is 5.13. The van der Waals surface area contributed by atoms with Gasteiger partial charge in [0.15, 0.2) is 0 Å². The highest BCUT2D eigenvalue weighted by Crippen LogP contribution is 2.41. The van der Waals surface area contributed by atoms with Crippen molar-refractivity contribution in [1.29, 1.82) is 0 Å². The Morgan fingerprint density at radius 3 is 2.00 bits per heavy atom. The maximum absolute atomic E-state index is 13.0. The van der Waals surface area contributed by atoms with E-state index in [4.69, 9.17) is 4.52 Å². The number of rotatable bonds is 5. The molecule has 0 fully saturated rings. The van der Waals surface area contributed by atoms with Crippen molar-refractivity contribution in [1.82, 2.24) is 0 Å². The fourth-order valence-corrected chi connectivity index (χ4v) is 3.63. The summed E-state index contributed by atoms with van der Waals surface area (Å²) in [5.41, 5.74) is 2.15. The molecule has 2 nitrogen and oxygen atoms in total. The Kier molecular flexibility index (Phi) is 4.97. The molecule has 0 spiro atoms. The van der Waals surface area contributed by atoms with E-state index in [9.17, 15) is 8.96 Å². The fraction of sp³-hybridized carbons (Fsp3) is 0.294. The molecule has 0 heterocycles. The van der Waals surface area contributed by atoms with Crippen LogP contribution in [0.5, 0.6) is 0 Å². The summed E-state index contributed by atoms with van der Waals surface area (Å²) in [6.07, 6.45) is 0. The monoisotopic (exact) mass is 306 g/mol. The minimum atomic E-state index is -2.72. The van der Waals surface area contributed by atoms with Crippen molar-refractivity contribution >= 4 is 12.7 Å². The molecular weight excluding hydrogens is 286 g/mol. The van der Waals surface area contributed by atoms with Gasteiger partial charge in [0, 0.05) is 17.9 Å². The number of benzene rings is 2. The van der Waals surface area contributed by atoms with Crippen LogP contribution >= 0.6 is 7.37 Å². The standard InChI is InChI=1S/C17H20FO2P/c1-4-20-21(3,19)17-11-7-15(8-12-17)13(2)14-5-9-16(18)10-6-14/h5-13H,4H2,1-3H3/t13-,21?/m1/s1. The van der Waals surface area contributed by atoms with Gasteiger partial charge in [-0.15, -0.1) is 0 Å². The van der Waals surface area contributed by atoms with E-state index in [1.807, 2.05) is 31.2 Å². The maximum Gasteiger partial charge on any atom is 0.229 e. The van der Waals surface area contributed by atoms with Crippen molar-refractivity contribution in [2.75, 3.05) is 13.3 Å². The SMILES string of the molecule is CCOP(C)(=O)c1ccc([C@H](C)c2ccc(F)cc2)cc1. The maximum atomic E-state index is 13.0. The van der Waals surface area contributed by atoms with Gasteiger partial charge in [0.25, 0.3) is 0 Å². The lowest BCUT2D eigenvalue weighted by atomic mass is 9.93. The Bertz CT molecular complexity index is 635. The van der Waals surface area contributed by atoms with Crippen molar-refractivity contribution in [3.05, 3.63) is 65.5 Å². The molecule has 112 valence electrons. The molecule has 0 aliphatic carbocycles. The van der Waals surface area contributed by atoms with Crippen LogP contribution < -0.4 is 5.30 Å². The van der Waals surface area contributed by atoms with Gasteiger partial charge in [-0.1, -0.05) is 31.2 Å². The molecule has 0 saturated carbocycles. The average molecular weight is 306 g/mol. The van der Waals surface area contributed by atoms with Crippen molar-refractivity contribution in [2.45, 2.75) is 19.8 Å². The molecule has 0 amide bonds. The molecule has 1 unspecified atom stereocenters. The predicted octanol–water partition coefficient (Wildman–Crippen LogP) is 4.55. The highest BCUT2D eigenvalue weighted by molar-refractivity contribution is 7.66. The molecule has 0 radical (unpaired) electrons. The number of hydrogen-bond acceptors (Lipinski definition) is 2. The Hall–Kier alpha value is -1.44. The van der Waals surface area contributed by atoms with Crippen LogP contribution in [0.15, 0.2) is 48.5 Å². The summed E-state index contributed by atoms with van der Waals surface area (Å²) in [5, 5.41) is 0.722. The van der Waals surface area contributed by atoms with E-state index in [0.29, 0.717) is 6.61 Å². The Labute approximate surface area is 125 Å². The first kappa shape index (κ1) is 15.9. The highest BCUT2D eigenvalue weighted by atomic mass is 31.2. The summed E-state index contributed by atoms with van der Waals surface area (Å²) in [7, 11) is -2.72. The van der Waals surface area contributed by atoms with E-state index in [1.54, 1.807) is 18.8 Å². The van der Waals surface area contributed by atoms with Crippen molar-refractivity contribution in [3.63, 3.8) is 0 Å². The molecule has 2 atom stereocenters. The molecule has 2 aromatic carbocycles. The van der Waals surface area contributed by atoms with Gasteiger partial charge in [-0.25, -0.2) is 4.39 Å². The zero-order chi connectivity index (χ0) is 15.5. The smallest absolute Gasteiger partial charge is 0.229 e. The first-order valence-electron chi connectivity index (χ1n) is 7.02. The van der Waals surface area contributed by atoms with Gasteiger partial charge in [-0.3, -0.25) is 4.57 Å². The first-order chi connectivity index (χ1) is 9.94. The lowest BCUT2D eigenvalue weighted by molar-refractivity contribution is 0.345. The van der Waals surface area contributed by atoms with Gasteiger partial charge in [0.05, 0.1) is 6.61 Å². The molecule has 0 aliphatic heterocycles. The molecule has 0 bridgehead atoms. The van der Waals surface area contributed by atoms with Gasteiger partial charge >= 0.3 is 0 Å². The highest BCUT2D eigenvalue weighted by Gasteiger charge is 2.18. The number of halogens is 1. The van der Waals surface area contributed by atoms with E-state index in [1.165, 1.54) is 12.1 Å². The Morgan fingerprint density at radius 1 is 1.05 bits per heavy atom. The Balaban J connectivity index is 2.22. The molecule has 4 heteroatoms. The van der Waals surface area contributed by atoms with Gasteiger partial charge in [-0.2, -0.15) is 0 Å². The number of hydrogen-bond donors (Lipinski definition) is 0. The minimum Gasteiger partial charge on any atom is -0.326 e. The van der Waals surface area contributed by atoms with E-state index in [0.717, 1.165) is 16.4 Å². The molecule has 21 heavy (non-hydrogen) atoms. The lowest BCUT2D eigenvalue weighted by Crippen LogP contribution is -2.07. The lowest BCUT2D eigenvalue weighted by Gasteiger charge is -2.16. The first-order valence-corrected chi connectivity index (χ1v) is 9.09. The van der Waals surface area contributed by atoms with E-state index in [-0.39, 0.29) is 11.7 Å². The van der Waals surface area contributed by atoms with Crippen LogP contribution in [-0.2, 0) is 9.09 Å². The average Bonchev–Trinajstić information content (AvgIpc) is 2.47. The van der Waals surface area contributed by atoms with E-state index < -0.39 is 7.37 Å². The minimum absolute atomic E-state index is 0.156. The third kappa shape index (κ3) is 3.81. The third-order valence-electron chi connectivity index (χ3n) is 3.61. The normalized spacial score (nSPS) is 15.4. The molecule has 0 aliphatic rings. The summed E-state index contributed by atoms with van der Waals surface area (Å²) in [5.74, 6) is -0.0760. The summed E-state index contributed by atoms with van der Waals surface area (Å²) >= 11 is 0. The van der Waals surface area contributed by atoms with Crippen LogP contribution in [0.1, 0.15) is 30.9 Å². The molecular formula is C17H20FO2P. The third-order valence-corrected chi connectivity index (χ3v) is 5.59. The molecule has 0 N–H and O–H groups in total. The van der Waals surface area contributed by atoms with Gasteiger partial charge in [0.2, 0.25) is 7.37 Å². The second kappa shape index (κ2) is 6.55. The summed E-state index contributed by atoms with van der Waals surface area (Å²) < 4.78 is 30.6. The van der Waals surface area contributed by atoms with Crippen LogP contribution in [0.4, 0.5) is 4.39 Å². The molecule has 0 aromatic heterocycles. The van der Waals surface area contributed by atoms with Gasteiger partial charge < -0.3 is 4.52 Å². The van der Waals surface area contributed by atoms with Crippen molar-refractivity contribution in [3.8, 4) is 0 Å². The summed E-state index contributed by atoms with van der Waals surface area (Å²) in [6.45, 7) is 5.97. The topological polar surface area (TPSA) is 26.3 Å². The Morgan fingerprint density at radius 2 is 1.52 bits per heavy atom. The molecule has 0 saturated heterocycles. The molecule has 2 rings (SSSR count). The zero-order valence-corrected chi connectivity index (χ0v) is 13.4. The van der Waals surface area contributed by atoms with Crippen LogP contribution in [0.25, 0.3) is 0 Å².